The van der Waals surface area contributed by atoms with Crippen molar-refractivity contribution in [3.63, 3.8) is 0 Å². The van der Waals surface area contributed by atoms with Crippen molar-refractivity contribution in [1.29, 1.82) is 0 Å². The second kappa shape index (κ2) is 10.5. The van der Waals surface area contributed by atoms with Gasteiger partial charge >= 0.3 is 12.0 Å². The first-order chi connectivity index (χ1) is 14.7. The summed E-state index contributed by atoms with van der Waals surface area (Å²) in [5.74, 6) is -0.695. The van der Waals surface area contributed by atoms with Gasteiger partial charge in [0.15, 0.2) is 6.10 Å². The predicted octanol–water partition coefficient (Wildman–Crippen LogP) is 0.735. The molecule has 0 aliphatic heterocycles. The fourth-order valence-electron chi connectivity index (χ4n) is 2.50. The van der Waals surface area contributed by atoms with E-state index in [0.29, 0.717) is 0 Å². The lowest BCUT2D eigenvalue weighted by molar-refractivity contribution is -0.152. The molecule has 0 saturated heterocycles. The number of carbonyl (C=O) groups excluding carboxylic acids is 2. The molecule has 0 saturated carbocycles. The van der Waals surface area contributed by atoms with Crippen LogP contribution in [0.5, 0.6) is 11.8 Å². The van der Waals surface area contributed by atoms with Gasteiger partial charge in [-0.05, 0) is 11.6 Å². The fourth-order valence-corrected chi connectivity index (χ4v) is 3.66. The number of hydrogen-bond acceptors (Lipinski definition) is 10. The molecule has 1 atom stereocenters. The average Bonchev–Trinajstić information content (AvgIpc) is 2.76. The molecule has 2 N–H and O–H groups in total. The van der Waals surface area contributed by atoms with E-state index < -0.39 is 28.1 Å². The first-order valence-corrected chi connectivity index (χ1v) is 10.2. The van der Waals surface area contributed by atoms with Crippen molar-refractivity contribution in [2.75, 3.05) is 33.8 Å². The van der Waals surface area contributed by atoms with Gasteiger partial charge in [0.2, 0.25) is 17.7 Å². The van der Waals surface area contributed by atoms with Gasteiger partial charge in [-0.15, -0.1) is 0 Å². The Morgan fingerprint density at radius 3 is 2.19 bits per heavy atom. The molecule has 1 unspecified atom stereocenters. The summed E-state index contributed by atoms with van der Waals surface area (Å²) in [5, 5.41) is 2.21. The van der Waals surface area contributed by atoms with E-state index in [9.17, 15) is 18.0 Å². The van der Waals surface area contributed by atoms with Gasteiger partial charge in [-0.25, -0.2) is 22.7 Å². The highest BCUT2D eigenvalue weighted by atomic mass is 32.2. The number of hydrogen-bond donors (Lipinski definition) is 2. The van der Waals surface area contributed by atoms with Crippen molar-refractivity contribution in [3.8, 4) is 11.8 Å². The second-order valence-electron chi connectivity index (χ2n) is 5.90. The van der Waals surface area contributed by atoms with Crippen molar-refractivity contribution in [1.82, 2.24) is 14.7 Å². The van der Waals surface area contributed by atoms with Crippen LogP contribution in [0, 0.1) is 0 Å². The van der Waals surface area contributed by atoms with Gasteiger partial charge in [-0.2, -0.15) is 9.97 Å². The summed E-state index contributed by atoms with van der Waals surface area (Å²) in [5.41, 5.74) is 0.249. The van der Waals surface area contributed by atoms with E-state index in [1.165, 1.54) is 52.7 Å². The molecule has 12 nitrogen and oxygen atoms in total. The quantitative estimate of drug-likeness (QED) is 0.518. The third kappa shape index (κ3) is 6.26. The molecular weight excluding hydrogens is 432 g/mol. The van der Waals surface area contributed by atoms with Crippen molar-refractivity contribution >= 4 is 28.0 Å². The van der Waals surface area contributed by atoms with E-state index in [1.807, 2.05) is 4.72 Å². The maximum atomic E-state index is 12.8. The van der Waals surface area contributed by atoms with Crippen LogP contribution in [0.25, 0.3) is 0 Å². The van der Waals surface area contributed by atoms with E-state index in [4.69, 9.17) is 14.2 Å². The van der Waals surface area contributed by atoms with Gasteiger partial charge in [-0.1, -0.05) is 18.2 Å². The Morgan fingerprint density at radius 2 is 1.65 bits per heavy atom. The zero-order valence-corrected chi connectivity index (χ0v) is 18.1. The fraction of sp³-hybridized carbons (Fsp3) is 0.333. The summed E-state index contributed by atoms with van der Waals surface area (Å²) in [4.78, 5) is 31.6. The lowest BCUT2D eigenvalue weighted by Gasteiger charge is -2.16. The van der Waals surface area contributed by atoms with Gasteiger partial charge in [0.25, 0.3) is 10.0 Å². The zero-order chi connectivity index (χ0) is 23.0. The minimum Gasteiger partial charge on any atom is -0.481 e. The number of urea groups is 1. The Balaban J connectivity index is 2.23. The maximum absolute atomic E-state index is 12.8. The lowest BCUT2D eigenvalue weighted by atomic mass is 10.1. The predicted molar refractivity (Wildman–Crippen MR) is 107 cm³/mol. The average molecular weight is 454 g/mol. The lowest BCUT2D eigenvalue weighted by Crippen LogP contribution is -2.36. The van der Waals surface area contributed by atoms with E-state index >= 15 is 0 Å². The smallest absolute Gasteiger partial charge is 0.335 e. The SMILES string of the molecule is COC(=O)C(Cc1ccccc1S(=O)(=O)NC(=O)Nc1nc(OC)cc(OC)n1)OC. The first-order valence-electron chi connectivity index (χ1n) is 8.73. The van der Waals surface area contributed by atoms with Crippen LogP contribution >= 0.6 is 0 Å². The highest BCUT2D eigenvalue weighted by molar-refractivity contribution is 7.90. The Hall–Kier alpha value is -3.45. The molecule has 0 spiro atoms. The highest BCUT2D eigenvalue weighted by Crippen LogP contribution is 2.20. The minimum atomic E-state index is -4.32. The summed E-state index contributed by atoms with van der Waals surface area (Å²) in [6.07, 6.45) is -1.11. The molecule has 2 rings (SSSR count). The normalized spacial score (nSPS) is 11.9. The molecule has 0 aliphatic carbocycles. The number of nitrogens with one attached hydrogen (secondary N) is 2. The summed E-state index contributed by atoms with van der Waals surface area (Å²) in [6.45, 7) is 0. The van der Waals surface area contributed by atoms with Crippen molar-refractivity contribution in [2.24, 2.45) is 0 Å². The van der Waals surface area contributed by atoms with Gasteiger partial charge < -0.3 is 18.9 Å². The molecule has 168 valence electrons. The second-order valence-corrected chi connectivity index (χ2v) is 7.55. The highest BCUT2D eigenvalue weighted by Gasteiger charge is 2.26. The van der Waals surface area contributed by atoms with Gasteiger partial charge in [-0.3, -0.25) is 5.32 Å². The topological polar surface area (TPSA) is 155 Å². The molecule has 1 aromatic heterocycles. The maximum Gasteiger partial charge on any atom is 0.335 e. The van der Waals surface area contributed by atoms with Crippen LogP contribution in [-0.2, 0) is 30.7 Å². The van der Waals surface area contributed by atoms with E-state index in [0.717, 1.165) is 0 Å². The van der Waals surface area contributed by atoms with Crippen molar-refractivity contribution in [2.45, 2.75) is 17.4 Å². The number of benzene rings is 1. The minimum absolute atomic E-state index is 0.0852. The largest absolute Gasteiger partial charge is 0.481 e. The number of ether oxygens (including phenoxy) is 4. The standard InChI is InChI=1S/C18H22N4O8S/c1-27-12(16(23)30-4)9-11-7-5-6-8-13(11)31(25,26)22-18(24)21-17-19-14(28-2)10-15(20-17)29-3/h5-8,10,12H,9H2,1-4H3,(H2,19,20,21,22,24). The van der Waals surface area contributed by atoms with Crippen LogP contribution in [0.4, 0.5) is 10.7 Å². The van der Waals surface area contributed by atoms with Crippen molar-refractivity contribution in [3.05, 3.63) is 35.9 Å². The summed E-state index contributed by atoms with van der Waals surface area (Å²) in [7, 11) is 0.887. The number of esters is 1. The Labute approximate surface area is 178 Å². The summed E-state index contributed by atoms with van der Waals surface area (Å²) < 4.78 is 47.1. The Bertz CT molecular complexity index is 1020. The number of nitrogens with zero attached hydrogens (tertiary/aromatic N) is 2. The Morgan fingerprint density at radius 1 is 1.03 bits per heavy atom. The number of sulfonamides is 1. The van der Waals surface area contributed by atoms with E-state index in [-0.39, 0.29) is 34.6 Å². The van der Waals surface area contributed by atoms with Crippen molar-refractivity contribution < 1.29 is 37.0 Å². The molecule has 2 amide bonds. The third-order valence-corrected chi connectivity index (χ3v) is 5.40. The molecular formula is C18H22N4O8S. The van der Waals surface area contributed by atoms with E-state index in [2.05, 4.69) is 20.0 Å². The van der Waals surface area contributed by atoms with E-state index in [1.54, 1.807) is 6.07 Å². The zero-order valence-electron chi connectivity index (χ0n) is 17.2. The number of aromatic nitrogens is 2. The molecule has 13 heteroatoms. The van der Waals surface area contributed by atoms with Gasteiger partial charge in [0.05, 0.1) is 32.3 Å². The van der Waals surface area contributed by atoms with Crippen LogP contribution in [-0.4, -0.2) is 64.9 Å². The van der Waals surface area contributed by atoms with Crippen LogP contribution in [0.3, 0.4) is 0 Å². The molecule has 1 heterocycles. The van der Waals surface area contributed by atoms with Gasteiger partial charge in [0.1, 0.15) is 0 Å². The van der Waals surface area contributed by atoms with Crippen LogP contribution in [0.2, 0.25) is 0 Å². The Kier molecular flexibility index (Phi) is 8.10. The molecule has 0 aliphatic rings. The summed E-state index contributed by atoms with van der Waals surface area (Å²) in [6, 6.07) is 6.13. The van der Waals surface area contributed by atoms with Crippen LogP contribution in [0.1, 0.15) is 5.56 Å². The number of anilines is 1. The van der Waals surface area contributed by atoms with Crippen LogP contribution in [0.15, 0.2) is 35.2 Å². The molecule has 0 bridgehead atoms. The monoisotopic (exact) mass is 454 g/mol. The van der Waals surface area contributed by atoms with Crippen LogP contribution < -0.4 is 19.5 Å². The number of rotatable bonds is 9. The molecule has 2 aromatic rings. The van der Waals surface area contributed by atoms with Gasteiger partial charge in [0, 0.05) is 13.5 Å². The number of amides is 2. The summed E-state index contributed by atoms with van der Waals surface area (Å²) >= 11 is 0. The molecule has 0 radical (unpaired) electrons. The number of carbonyl (C=O) groups is 2. The molecule has 31 heavy (non-hydrogen) atoms. The third-order valence-electron chi connectivity index (χ3n) is 3.97. The molecule has 1 aromatic carbocycles. The number of methoxy groups -OCH3 is 4. The molecule has 0 fully saturated rings. The first kappa shape index (κ1) is 23.8.